The number of carbonyl (C=O) groups excluding carboxylic acids is 1. The van der Waals surface area contributed by atoms with Gasteiger partial charge in [-0.1, -0.05) is 13.0 Å². The maximum atomic E-state index is 12.0. The van der Waals surface area contributed by atoms with Gasteiger partial charge in [0.2, 0.25) is 0 Å². The maximum absolute atomic E-state index is 12.0. The third kappa shape index (κ3) is 2.96. The first kappa shape index (κ1) is 12.8. The fourth-order valence-electron chi connectivity index (χ4n) is 1.67. The molecular formula is C14H16N2OS. The minimum atomic E-state index is -0.0293. The number of carbonyl (C=O) groups is 1. The van der Waals surface area contributed by atoms with E-state index in [0.717, 1.165) is 16.9 Å². The molecule has 0 unspecified atom stereocenters. The van der Waals surface area contributed by atoms with Crippen LogP contribution in [0.3, 0.4) is 0 Å². The molecular weight excluding hydrogens is 244 g/mol. The van der Waals surface area contributed by atoms with Gasteiger partial charge in [-0.15, -0.1) is 11.3 Å². The highest BCUT2D eigenvalue weighted by Gasteiger charge is 2.13. The number of amides is 1. The third-order valence-electron chi connectivity index (χ3n) is 2.77. The van der Waals surface area contributed by atoms with Crippen molar-refractivity contribution in [3.05, 3.63) is 52.0 Å². The van der Waals surface area contributed by atoms with Gasteiger partial charge in [0.1, 0.15) is 0 Å². The van der Waals surface area contributed by atoms with Crippen molar-refractivity contribution < 1.29 is 4.79 Å². The second kappa shape index (κ2) is 5.78. The summed E-state index contributed by atoms with van der Waals surface area (Å²) in [7, 11) is 0. The highest BCUT2D eigenvalue weighted by molar-refractivity contribution is 7.14. The molecule has 4 heteroatoms. The van der Waals surface area contributed by atoms with Crippen LogP contribution < -0.4 is 5.32 Å². The Morgan fingerprint density at radius 1 is 1.44 bits per heavy atom. The average Bonchev–Trinajstić information content (AvgIpc) is 2.88. The zero-order valence-electron chi connectivity index (χ0n) is 10.5. The predicted molar refractivity (Wildman–Crippen MR) is 73.8 cm³/mol. The van der Waals surface area contributed by atoms with Crippen molar-refractivity contribution in [3.63, 3.8) is 0 Å². The molecule has 1 atom stereocenters. The second-order valence-electron chi connectivity index (χ2n) is 4.10. The third-order valence-corrected chi connectivity index (χ3v) is 3.99. The summed E-state index contributed by atoms with van der Waals surface area (Å²) in [6.07, 6.45) is 4.47. The van der Waals surface area contributed by atoms with Gasteiger partial charge in [0.15, 0.2) is 0 Å². The Hall–Kier alpha value is -1.68. The van der Waals surface area contributed by atoms with Crippen molar-refractivity contribution in [1.29, 1.82) is 0 Å². The van der Waals surface area contributed by atoms with Gasteiger partial charge in [0.25, 0.3) is 5.91 Å². The van der Waals surface area contributed by atoms with E-state index in [1.165, 1.54) is 4.88 Å². The van der Waals surface area contributed by atoms with Gasteiger partial charge >= 0.3 is 0 Å². The lowest BCUT2D eigenvalue weighted by Crippen LogP contribution is -2.25. The molecule has 0 aliphatic rings. The Morgan fingerprint density at radius 2 is 2.28 bits per heavy atom. The van der Waals surface area contributed by atoms with Gasteiger partial charge in [-0.05, 0) is 37.1 Å². The Balaban J connectivity index is 2.03. The molecule has 18 heavy (non-hydrogen) atoms. The van der Waals surface area contributed by atoms with Crippen LogP contribution in [0.5, 0.6) is 0 Å². The van der Waals surface area contributed by atoms with Crippen LogP contribution in [-0.4, -0.2) is 10.9 Å². The van der Waals surface area contributed by atoms with Gasteiger partial charge < -0.3 is 5.32 Å². The number of rotatable bonds is 4. The van der Waals surface area contributed by atoms with Gasteiger partial charge in [-0.2, -0.15) is 0 Å². The van der Waals surface area contributed by atoms with E-state index in [0.29, 0.717) is 0 Å². The normalized spacial score (nSPS) is 12.1. The number of thiophene rings is 1. The molecule has 0 bridgehead atoms. The number of hydrogen-bond donors (Lipinski definition) is 1. The molecule has 1 amide bonds. The molecule has 2 aromatic heterocycles. The predicted octanol–water partition coefficient (Wildman–Crippen LogP) is 3.20. The van der Waals surface area contributed by atoms with E-state index in [2.05, 4.69) is 17.2 Å². The number of aryl methyl sites for hydroxylation is 1. The van der Waals surface area contributed by atoms with Crippen LogP contribution in [0.1, 0.15) is 40.0 Å². The summed E-state index contributed by atoms with van der Waals surface area (Å²) in [5.74, 6) is -0.0175. The number of nitrogens with zero attached hydrogens (tertiary/aromatic N) is 1. The van der Waals surface area contributed by atoms with Crippen molar-refractivity contribution in [2.24, 2.45) is 0 Å². The largest absolute Gasteiger partial charge is 0.345 e. The average molecular weight is 260 g/mol. The second-order valence-corrected chi connectivity index (χ2v) is 5.27. The van der Waals surface area contributed by atoms with Gasteiger partial charge in [0.05, 0.1) is 10.9 Å². The van der Waals surface area contributed by atoms with E-state index in [9.17, 15) is 4.79 Å². The van der Waals surface area contributed by atoms with E-state index in [1.807, 2.05) is 31.2 Å². The van der Waals surface area contributed by atoms with Crippen LogP contribution >= 0.6 is 11.3 Å². The Kier molecular flexibility index (Phi) is 4.10. The molecule has 94 valence electrons. The number of pyridine rings is 1. The van der Waals surface area contributed by atoms with E-state index in [-0.39, 0.29) is 11.9 Å². The van der Waals surface area contributed by atoms with Gasteiger partial charge in [-0.25, -0.2) is 0 Å². The highest BCUT2D eigenvalue weighted by atomic mass is 32.1. The first-order valence-electron chi connectivity index (χ1n) is 6.00. The first-order valence-corrected chi connectivity index (χ1v) is 6.82. The van der Waals surface area contributed by atoms with Crippen LogP contribution in [0.2, 0.25) is 0 Å². The summed E-state index contributed by atoms with van der Waals surface area (Å²) in [5, 5.41) is 2.98. The molecule has 0 spiro atoms. The van der Waals surface area contributed by atoms with Crippen molar-refractivity contribution in [2.45, 2.75) is 26.3 Å². The molecule has 0 saturated carbocycles. The number of nitrogens with one attached hydrogen (secondary N) is 1. The molecule has 1 N–H and O–H groups in total. The van der Waals surface area contributed by atoms with Crippen molar-refractivity contribution in [3.8, 4) is 0 Å². The van der Waals surface area contributed by atoms with Gasteiger partial charge in [0, 0.05) is 17.3 Å². The fourth-order valence-corrected chi connectivity index (χ4v) is 2.52. The molecule has 0 fully saturated rings. The van der Waals surface area contributed by atoms with Gasteiger partial charge in [-0.3, -0.25) is 9.78 Å². The van der Waals surface area contributed by atoms with Crippen molar-refractivity contribution in [1.82, 2.24) is 10.3 Å². The molecule has 3 nitrogen and oxygen atoms in total. The molecule has 0 aromatic carbocycles. The standard InChI is InChI=1S/C14H16N2OS/c1-3-12-6-7-13(18-12)14(17)16-10(2)11-5-4-8-15-9-11/h4-10H,3H2,1-2H3,(H,16,17)/t10-/m0/s1. The Morgan fingerprint density at radius 3 is 2.89 bits per heavy atom. The minimum Gasteiger partial charge on any atom is -0.345 e. The molecule has 2 heterocycles. The van der Waals surface area contributed by atoms with Crippen LogP contribution in [0.15, 0.2) is 36.7 Å². The minimum absolute atomic E-state index is 0.0175. The number of hydrogen-bond acceptors (Lipinski definition) is 3. The highest BCUT2D eigenvalue weighted by Crippen LogP contribution is 2.18. The smallest absolute Gasteiger partial charge is 0.261 e. The van der Waals surface area contributed by atoms with Crippen LogP contribution in [0.4, 0.5) is 0 Å². The molecule has 0 aliphatic heterocycles. The summed E-state index contributed by atoms with van der Waals surface area (Å²) < 4.78 is 0. The van der Waals surface area contributed by atoms with Crippen molar-refractivity contribution in [2.75, 3.05) is 0 Å². The molecule has 0 radical (unpaired) electrons. The topological polar surface area (TPSA) is 42.0 Å². The monoisotopic (exact) mass is 260 g/mol. The lowest BCUT2D eigenvalue weighted by Gasteiger charge is -2.12. The summed E-state index contributed by atoms with van der Waals surface area (Å²) in [4.78, 5) is 18.1. The van der Waals surface area contributed by atoms with Crippen LogP contribution in [-0.2, 0) is 6.42 Å². The van der Waals surface area contributed by atoms with Crippen molar-refractivity contribution >= 4 is 17.2 Å². The summed E-state index contributed by atoms with van der Waals surface area (Å²) >= 11 is 1.55. The zero-order chi connectivity index (χ0) is 13.0. The maximum Gasteiger partial charge on any atom is 0.261 e. The fraction of sp³-hybridized carbons (Fsp3) is 0.286. The zero-order valence-corrected chi connectivity index (χ0v) is 11.3. The molecule has 0 aliphatic carbocycles. The van der Waals surface area contributed by atoms with E-state index in [1.54, 1.807) is 23.7 Å². The van der Waals surface area contributed by atoms with E-state index < -0.39 is 0 Å². The Labute approximate surface area is 111 Å². The quantitative estimate of drug-likeness (QED) is 0.917. The van der Waals surface area contributed by atoms with Crippen LogP contribution in [0.25, 0.3) is 0 Å². The van der Waals surface area contributed by atoms with E-state index in [4.69, 9.17) is 0 Å². The van der Waals surface area contributed by atoms with E-state index >= 15 is 0 Å². The summed E-state index contributed by atoms with van der Waals surface area (Å²) in [6, 6.07) is 7.70. The lowest BCUT2D eigenvalue weighted by atomic mass is 10.1. The summed E-state index contributed by atoms with van der Waals surface area (Å²) in [5.41, 5.74) is 1.01. The lowest BCUT2D eigenvalue weighted by molar-refractivity contribution is 0.0944. The SMILES string of the molecule is CCc1ccc(C(=O)N[C@@H](C)c2cccnc2)s1. The number of aromatic nitrogens is 1. The summed E-state index contributed by atoms with van der Waals surface area (Å²) in [6.45, 7) is 4.05. The Bertz CT molecular complexity index is 522. The first-order chi connectivity index (χ1) is 8.70. The molecule has 2 rings (SSSR count). The molecule has 0 saturated heterocycles. The molecule has 2 aromatic rings. The van der Waals surface area contributed by atoms with Crippen LogP contribution in [0, 0.1) is 0 Å².